The lowest BCUT2D eigenvalue weighted by Crippen LogP contribution is -2.47. The van der Waals surface area contributed by atoms with Crippen molar-refractivity contribution in [3.05, 3.63) is 28.6 Å². The number of fused-ring (bicyclic) bond motifs is 1. The summed E-state index contributed by atoms with van der Waals surface area (Å²) in [6.07, 6.45) is 0.0940. The molecular weight excluding hydrogens is 342 g/mol. The molecule has 0 radical (unpaired) electrons. The fourth-order valence-electron chi connectivity index (χ4n) is 2.63. The summed E-state index contributed by atoms with van der Waals surface area (Å²) >= 11 is 1.56. The first-order chi connectivity index (χ1) is 12.0. The molecule has 1 aliphatic heterocycles. The first-order valence-corrected chi connectivity index (χ1v) is 8.71. The Hall–Kier alpha value is -2.45. The number of aromatic nitrogens is 1. The van der Waals surface area contributed by atoms with Crippen molar-refractivity contribution in [2.24, 2.45) is 5.73 Å². The first kappa shape index (κ1) is 17.4. The molecule has 2 heterocycles. The van der Waals surface area contributed by atoms with Gasteiger partial charge in [0.05, 0.1) is 23.0 Å². The van der Waals surface area contributed by atoms with Gasteiger partial charge in [-0.3, -0.25) is 14.5 Å². The van der Waals surface area contributed by atoms with Gasteiger partial charge in [0.15, 0.2) is 6.10 Å². The van der Waals surface area contributed by atoms with E-state index in [9.17, 15) is 9.59 Å². The number of rotatable bonds is 6. The van der Waals surface area contributed by atoms with Crippen molar-refractivity contribution in [2.75, 3.05) is 25.2 Å². The molecule has 1 atom stereocenters. The molecule has 0 saturated heterocycles. The SMILES string of the molecule is COCCc1nc(-c2ccc3c(c2)N(CC(N)=O)C(=O)C(C)O3)cs1. The van der Waals surface area contributed by atoms with Crippen molar-refractivity contribution in [3.63, 3.8) is 0 Å². The summed E-state index contributed by atoms with van der Waals surface area (Å²) < 4.78 is 10.7. The van der Waals surface area contributed by atoms with E-state index >= 15 is 0 Å². The third kappa shape index (κ3) is 3.64. The van der Waals surface area contributed by atoms with Crippen LogP contribution in [-0.4, -0.2) is 43.2 Å². The number of carbonyl (C=O) groups excluding carboxylic acids is 2. The minimum atomic E-state index is -0.655. The predicted octanol–water partition coefficient (Wildman–Crippen LogP) is 1.60. The van der Waals surface area contributed by atoms with Crippen LogP contribution in [0.25, 0.3) is 11.3 Å². The molecular formula is C17H19N3O4S. The molecule has 132 valence electrons. The largest absolute Gasteiger partial charge is 0.479 e. The van der Waals surface area contributed by atoms with Crippen LogP contribution in [0.15, 0.2) is 23.6 Å². The Morgan fingerprint density at radius 3 is 3.00 bits per heavy atom. The number of ether oxygens (including phenoxy) is 2. The van der Waals surface area contributed by atoms with Gasteiger partial charge in [-0.1, -0.05) is 0 Å². The van der Waals surface area contributed by atoms with Gasteiger partial charge in [0.1, 0.15) is 12.3 Å². The van der Waals surface area contributed by atoms with Gasteiger partial charge < -0.3 is 15.2 Å². The topological polar surface area (TPSA) is 94.7 Å². The van der Waals surface area contributed by atoms with Crippen molar-refractivity contribution in [1.82, 2.24) is 4.98 Å². The Morgan fingerprint density at radius 2 is 2.28 bits per heavy atom. The van der Waals surface area contributed by atoms with Crippen molar-refractivity contribution in [1.29, 1.82) is 0 Å². The van der Waals surface area contributed by atoms with Crippen LogP contribution in [0.5, 0.6) is 5.75 Å². The molecule has 1 aromatic heterocycles. The number of hydrogen-bond acceptors (Lipinski definition) is 6. The highest BCUT2D eigenvalue weighted by atomic mass is 32.1. The zero-order chi connectivity index (χ0) is 18.0. The number of hydrogen-bond donors (Lipinski definition) is 1. The van der Waals surface area contributed by atoms with Crippen molar-refractivity contribution in [2.45, 2.75) is 19.4 Å². The average molecular weight is 361 g/mol. The van der Waals surface area contributed by atoms with Crippen LogP contribution in [0.4, 0.5) is 5.69 Å². The van der Waals surface area contributed by atoms with Crippen LogP contribution in [0.1, 0.15) is 11.9 Å². The lowest BCUT2D eigenvalue weighted by molar-refractivity contribution is -0.127. The Labute approximate surface area is 149 Å². The highest BCUT2D eigenvalue weighted by Gasteiger charge is 2.32. The van der Waals surface area contributed by atoms with Crippen LogP contribution >= 0.6 is 11.3 Å². The molecule has 0 spiro atoms. The number of anilines is 1. The van der Waals surface area contributed by atoms with E-state index < -0.39 is 12.0 Å². The molecule has 0 bridgehead atoms. The van der Waals surface area contributed by atoms with Gasteiger partial charge in [-0.2, -0.15) is 0 Å². The normalized spacial score (nSPS) is 16.5. The summed E-state index contributed by atoms with van der Waals surface area (Å²) in [6.45, 7) is 2.08. The van der Waals surface area contributed by atoms with E-state index in [4.69, 9.17) is 15.2 Å². The standard InChI is InChI=1S/C17H19N3O4S/c1-10-17(22)20(8-15(18)21)13-7-11(3-4-14(13)24-10)12-9-25-16(19-12)5-6-23-2/h3-4,7,9-10H,5-6,8H2,1-2H3,(H2,18,21). The smallest absolute Gasteiger partial charge is 0.268 e. The number of nitrogens with zero attached hydrogens (tertiary/aromatic N) is 2. The number of methoxy groups -OCH3 is 1. The van der Waals surface area contributed by atoms with Gasteiger partial charge in [-0.15, -0.1) is 11.3 Å². The van der Waals surface area contributed by atoms with Gasteiger partial charge in [-0.05, 0) is 25.1 Å². The zero-order valence-electron chi connectivity index (χ0n) is 14.0. The number of benzene rings is 1. The van der Waals surface area contributed by atoms with Gasteiger partial charge in [-0.25, -0.2) is 4.98 Å². The average Bonchev–Trinajstić information content (AvgIpc) is 3.05. The second-order valence-corrected chi connectivity index (χ2v) is 6.65. The Bertz CT molecular complexity index is 805. The van der Waals surface area contributed by atoms with Crippen molar-refractivity contribution < 1.29 is 19.1 Å². The number of thiazole rings is 1. The molecule has 7 nitrogen and oxygen atoms in total. The molecule has 2 amide bonds. The molecule has 0 saturated carbocycles. The summed E-state index contributed by atoms with van der Waals surface area (Å²) in [7, 11) is 1.66. The number of nitrogens with two attached hydrogens (primary N) is 1. The zero-order valence-corrected chi connectivity index (χ0v) is 14.8. The Morgan fingerprint density at radius 1 is 1.48 bits per heavy atom. The summed E-state index contributed by atoms with van der Waals surface area (Å²) in [5.41, 5.74) is 7.48. The Balaban J connectivity index is 1.94. The van der Waals surface area contributed by atoms with Gasteiger partial charge >= 0.3 is 0 Å². The monoisotopic (exact) mass is 361 g/mol. The lowest BCUT2D eigenvalue weighted by atomic mass is 10.1. The summed E-state index contributed by atoms with van der Waals surface area (Å²) in [5, 5.41) is 2.93. The predicted molar refractivity (Wildman–Crippen MR) is 94.8 cm³/mol. The summed E-state index contributed by atoms with van der Waals surface area (Å²) in [5.74, 6) is -0.316. The Kier molecular flexibility index (Phi) is 5.00. The van der Waals surface area contributed by atoms with E-state index in [1.54, 1.807) is 37.5 Å². The molecule has 2 N–H and O–H groups in total. The van der Waals surface area contributed by atoms with E-state index in [1.165, 1.54) is 4.90 Å². The number of amides is 2. The van der Waals surface area contributed by atoms with Gasteiger partial charge in [0, 0.05) is 24.5 Å². The quantitative estimate of drug-likeness (QED) is 0.843. The van der Waals surface area contributed by atoms with Crippen LogP contribution in [0.3, 0.4) is 0 Å². The minimum Gasteiger partial charge on any atom is -0.479 e. The summed E-state index contributed by atoms with van der Waals surface area (Å²) in [4.78, 5) is 29.7. The molecule has 2 aromatic rings. The fourth-order valence-corrected chi connectivity index (χ4v) is 3.42. The first-order valence-electron chi connectivity index (χ1n) is 7.83. The number of carbonyl (C=O) groups is 2. The lowest BCUT2D eigenvalue weighted by Gasteiger charge is -2.32. The molecule has 1 aliphatic rings. The van der Waals surface area contributed by atoms with E-state index in [0.29, 0.717) is 18.0 Å². The highest BCUT2D eigenvalue weighted by molar-refractivity contribution is 7.09. The molecule has 0 fully saturated rings. The maximum absolute atomic E-state index is 12.4. The van der Waals surface area contributed by atoms with E-state index in [1.807, 2.05) is 11.4 Å². The van der Waals surface area contributed by atoms with Crippen LogP contribution in [-0.2, 0) is 20.7 Å². The third-order valence-electron chi connectivity index (χ3n) is 3.85. The van der Waals surface area contributed by atoms with Crippen molar-refractivity contribution in [3.8, 4) is 17.0 Å². The second-order valence-electron chi connectivity index (χ2n) is 5.70. The summed E-state index contributed by atoms with van der Waals surface area (Å²) in [6, 6.07) is 5.48. The van der Waals surface area contributed by atoms with Gasteiger partial charge in [0.2, 0.25) is 5.91 Å². The fraction of sp³-hybridized carbons (Fsp3) is 0.353. The maximum Gasteiger partial charge on any atom is 0.268 e. The van der Waals surface area contributed by atoms with Crippen LogP contribution in [0, 0.1) is 0 Å². The highest BCUT2D eigenvalue weighted by Crippen LogP contribution is 2.37. The molecule has 3 rings (SSSR count). The minimum absolute atomic E-state index is 0.181. The molecule has 1 aromatic carbocycles. The van der Waals surface area contributed by atoms with Crippen LogP contribution < -0.4 is 15.4 Å². The van der Waals surface area contributed by atoms with Gasteiger partial charge in [0.25, 0.3) is 5.91 Å². The van der Waals surface area contributed by atoms with E-state index in [2.05, 4.69) is 4.98 Å². The molecule has 1 unspecified atom stereocenters. The molecule has 0 aliphatic carbocycles. The molecule has 8 heteroatoms. The number of primary amides is 1. The van der Waals surface area contributed by atoms with Crippen molar-refractivity contribution >= 4 is 28.8 Å². The molecule has 25 heavy (non-hydrogen) atoms. The van der Waals surface area contributed by atoms with E-state index in [0.717, 1.165) is 22.7 Å². The second kappa shape index (κ2) is 7.20. The maximum atomic E-state index is 12.4. The van der Waals surface area contributed by atoms with E-state index in [-0.39, 0.29) is 12.5 Å². The van der Waals surface area contributed by atoms with Crippen LogP contribution in [0.2, 0.25) is 0 Å². The third-order valence-corrected chi connectivity index (χ3v) is 4.76.